The Labute approximate surface area is 129 Å². The molecule has 0 aromatic heterocycles. The van der Waals surface area contributed by atoms with Crippen LogP contribution in [0.5, 0.6) is 0 Å². The summed E-state index contributed by atoms with van der Waals surface area (Å²) in [6.45, 7) is 4.00. The summed E-state index contributed by atoms with van der Waals surface area (Å²) in [4.78, 5) is 22.0. The summed E-state index contributed by atoms with van der Waals surface area (Å²) in [5.41, 5.74) is 0.739. The van der Waals surface area contributed by atoms with E-state index >= 15 is 0 Å². The second kappa shape index (κ2) is 8.28. The number of carboxylic acids is 2. The van der Waals surface area contributed by atoms with Crippen molar-refractivity contribution in [3.63, 3.8) is 0 Å². The molecule has 0 amide bonds. The Hall–Kier alpha value is -3.06. The number of aromatic carboxylic acids is 2. The van der Waals surface area contributed by atoms with Crippen LogP contribution < -0.4 is 0 Å². The maximum atomic E-state index is 11.0. The second-order valence-corrected chi connectivity index (χ2v) is 3.99. The highest BCUT2D eigenvalue weighted by Gasteiger charge is 2.15. The quantitative estimate of drug-likeness (QED) is 0.832. The van der Waals surface area contributed by atoms with Crippen LogP contribution in [0.25, 0.3) is 0 Å². The van der Waals surface area contributed by atoms with Gasteiger partial charge in [-0.3, -0.25) is 0 Å². The van der Waals surface area contributed by atoms with Crippen molar-refractivity contribution in [1.82, 2.24) is 0 Å². The number of carbonyl (C=O) groups is 2. The van der Waals surface area contributed by atoms with Crippen LogP contribution in [0.2, 0.25) is 0 Å². The van der Waals surface area contributed by atoms with E-state index in [9.17, 15) is 9.59 Å². The molecule has 22 heavy (non-hydrogen) atoms. The van der Waals surface area contributed by atoms with E-state index in [4.69, 9.17) is 10.2 Å². The van der Waals surface area contributed by atoms with Crippen LogP contribution in [0.15, 0.2) is 48.5 Å². The summed E-state index contributed by atoms with van der Waals surface area (Å²) < 4.78 is 0. The summed E-state index contributed by atoms with van der Waals surface area (Å²) in [7, 11) is 0. The molecule has 0 aliphatic rings. The first-order valence-corrected chi connectivity index (χ1v) is 6.75. The van der Waals surface area contributed by atoms with E-state index in [-0.39, 0.29) is 11.1 Å². The smallest absolute Gasteiger partial charge is 0.336 e. The number of rotatable bonds is 2. The van der Waals surface area contributed by atoms with Gasteiger partial charge in [-0.25, -0.2) is 9.59 Å². The molecule has 0 radical (unpaired) electrons. The molecule has 4 nitrogen and oxygen atoms in total. The fourth-order valence-corrected chi connectivity index (χ4v) is 1.65. The van der Waals surface area contributed by atoms with Gasteiger partial charge in [-0.15, -0.1) is 0 Å². The highest BCUT2D eigenvalue weighted by molar-refractivity contribution is 6.01. The number of hydrogen-bond donors (Lipinski definition) is 2. The molecule has 0 saturated heterocycles. The largest absolute Gasteiger partial charge is 0.478 e. The maximum absolute atomic E-state index is 11.0. The molecule has 0 spiro atoms. The Bertz CT molecular complexity index is 722. The van der Waals surface area contributed by atoms with Crippen LogP contribution in [0.1, 0.15) is 45.7 Å². The van der Waals surface area contributed by atoms with Crippen LogP contribution in [0.4, 0.5) is 0 Å². The molecule has 4 heteroatoms. The van der Waals surface area contributed by atoms with E-state index < -0.39 is 11.9 Å². The standard InChI is InChI=1S/C16H10O4.C2H6/c17-15(18)13-9-8-12(10-14(13)16(19)20)7-6-11-4-2-1-3-5-11;1-2/h1-5,8-10H,(H,17,18)(H,19,20);1-2H3. The first kappa shape index (κ1) is 17.0. The van der Waals surface area contributed by atoms with E-state index in [2.05, 4.69) is 11.8 Å². The topological polar surface area (TPSA) is 74.6 Å². The van der Waals surface area contributed by atoms with Gasteiger partial charge in [-0.05, 0) is 30.3 Å². The average molecular weight is 296 g/mol. The van der Waals surface area contributed by atoms with Crippen LogP contribution in [-0.4, -0.2) is 22.2 Å². The molecule has 0 aliphatic carbocycles. The average Bonchev–Trinajstić information content (AvgIpc) is 2.55. The van der Waals surface area contributed by atoms with Gasteiger partial charge in [-0.1, -0.05) is 43.9 Å². The lowest BCUT2D eigenvalue weighted by molar-refractivity contribution is 0.0651. The minimum atomic E-state index is -1.29. The molecule has 2 rings (SSSR count). The minimum absolute atomic E-state index is 0.247. The summed E-state index contributed by atoms with van der Waals surface area (Å²) in [5, 5.41) is 17.9. The van der Waals surface area contributed by atoms with Crippen molar-refractivity contribution in [3.05, 3.63) is 70.8 Å². The van der Waals surface area contributed by atoms with Crippen molar-refractivity contribution < 1.29 is 19.8 Å². The second-order valence-electron chi connectivity index (χ2n) is 3.99. The van der Waals surface area contributed by atoms with Crippen LogP contribution in [-0.2, 0) is 0 Å². The van der Waals surface area contributed by atoms with Crippen molar-refractivity contribution in [1.29, 1.82) is 0 Å². The van der Waals surface area contributed by atoms with E-state index in [1.165, 1.54) is 18.2 Å². The zero-order valence-corrected chi connectivity index (χ0v) is 12.3. The zero-order chi connectivity index (χ0) is 16.5. The fourth-order valence-electron chi connectivity index (χ4n) is 1.65. The zero-order valence-electron chi connectivity index (χ0n) is 12.3. The first-order chi connectivity index (χ1) is 10.6. The molecule has 2 N–H and O–H groups in total. The molecule has 2 aromatic rings. The molecular formula is C18H16O4. The van der Waals surface area contributed by atoms with Gasteiger partial charge in [0.05, 0.1) is 11.1 Å². The molecule has 0 aliphatic heterocycles. The third-order valence-corrected chi connectivity index (χ3v) is 2.61. The van der Waals surface area contributed by atoms with E-state index in [1.54, 1.807) is 0 Å². The molecule has 112 valence electrons. The molecule has 0 bridgehead atoms. The molecule has 2 aromatic carbocycles. The van der Waals surface area contributed by atoms with Gasteiger partial charge in [0.1, 0.15) is 0 Å². The third-order valence-electron chi connectivity index (χ3n) is 2.61. The lowest BCUT2D eigenvalue weighted by Crippen LogP contribution is -2.08. The Balaban J connectivity index is 0.00000116. The summed E-state index contributed by atoms with van der Waals surface area (Å²) in [6.07, 6.45) is 0. The van der Waals surface area contributed by atoms with E-state index in [0.717, 1.165) is 5.56 Å². The van der Waals surface area contributed by atoms with Gasteiger partial charge < -0.3 is 10.2 Å². The normalized spacial score (nSPS) is 8.82. The monoisotopic (exact) mass is 296 g/mol. The van der Waals surface area contributed by atoms with Crippen LogP contribution in [0, 0.1) is 11.8 Å². The Kier molecular flexibility index (Phi) is 6.39. The fraction of sp³-hybridized carbons (Fsp3) is 0.111. The molecule has 0 saturated carbocycles. The highest BCUT2D eigenvalue weighted by atomic mass is 16.4. The SMILES string of the molecule is CC.O=C(O)c1ccc(C#Cc2ccccc2)cc1C(=O)O. The van der Waals surface area contributed by atoms with E-state index in [0.29, 0.717) is 5.56 Å². The van der Waals surface area contributed by atoms with E-state index in [1.807, 2.05) is 44.2 Å². The predicted octanol–water partition coefficient (Wildman–Crippen LogP) is 3.51. The maximum Gasteiger partial charge on any atom is 0.336 e. The lowest BCUT2D eigenvalue weighted by Gasteiger charge is -2.01. The van der Waals surface area contributed by atoms with Crippen molar-refractivity contribution in [2.45, 2.75) is 13.8 Å². The Morgan fingerprint density at radius 3 is 1.86 bits per heavy atom. The lowest BCUT2D eigenvalue weighted by atomic mass is 10.0. The van der Waals surface area contributed by atoms with Crippen molar-refractivity contribution in [2.75, 3.05) is 0 Å². The number of carboxylic acid groups (broad SMARTS) is 2. The number of benzene rings is 2. The van der Waals surface area contributed by atoms with Gasteiger partial charge in [0.25, 0.3) is 0 Å². The third kappa shape index (κ3) is 4.50. The van der Waals surface area contributed by atoms with Crippen molar-refractivity contribution >= 4 is 11.9 Å². The molecule has 0 atom stereocenters. The van der Waals surface area contributed by atoms with Crippen LogP contribution in [0.3, 0.4) is 0 Å². The van der Waals surface area contributed by atoms with Gasteiger partial charge in [0.15, 0.2) is 0 Å². The summed E-state index contributed by atoms with van der Waals surface area (Å²) in [5.74, 6) is 3.14. The minimum Gasteiger partial charge on any atom is -0.478 e. The summed E-state index contributed by atoms with van der Waals surface area (Å²) >= 11 is 0. The van der Waals surface area contributed by atoms with Gasteiger partial charge in [-0.2, -0.15) is 0 Å². The number of hydrogen-bond acceptors (Lipinski definition) is 2. The highest BCUT2D eigenvalue weighted by Crippen LogP contribution is 2.12. The van der Waals surface area contributed by atoms with Gasteiger partial charge in [0.2, 0.25) is 0 Å². The Morgan fingerprint density at radius 1 is 0.773 bits per heavy atom. The molecule has 0 unspecified atom stereocenters. The van der Waals surface area contributed by atoms with Crippen molar-refractivity contribution in [3.8, 4) is 11.8 Å². The van der Waals surface area contributed by atoms with Gasteiger partial charge in [0, 0.05) is 11.1 Å². The first-order valence-electron chi connectivity index (χ1n) is 6.75. The Morgan fingerprint density at radius 2 is 1.32 bits per heavy atom. The summed E-state index contributed by atoms with van der Waals surface area (Å²) in [6, 6.07) is 13.2. The van der Waals surface area contributed by atoms with Crippen molar-refractivity contribution in [2.24, 2.45) is 0 Å². The van der Waals surface area contributed by atoms with Crippen LogP contribution >= 0.6 is 0 Å². The van der Waals surface area contributed by atoms with Gasteiger partial charge >= 0.3 is 11.9 Å². The molecule has 0 fully saturated rings. The molecular weight excluding hydrogens is 280 g/mol. The molecule has 0 heterocycles. The predicted molar refractivity (Wildman–Crippen MR) is 84.1 cm³/mol.